The highest BCUT2D eigenvalue weighted by Crippen LogP contribution is 2.24. The maximum absolute atomic E-state index is 12.3. The number of piperidine rings is 1. The standard InChI is InChI=1S/C22H27N3O2/c1-16-11-13-25(14-12-16)21-9-7-20(8-10-21)24-22(27)15-18-3-5-19(6-4-18)23-17(2)26/h3-10,16H,11-15H2,1-2H3,(H,23,26)(H,24,27). The minimum Gasteiger partial charge on any atom is -0.372 e. The monoisotopic (exact) mass is 365 g/mol. The summed E-state index contributed by atoms with van der Waals surface area (Å²) in [5.74, 6) is 0.650. The van der Waals surface area contributed by atoms with Crippen molar-refractivity contribution in [3.63, 3.8) is 0 Å². The van der Waals surface area contributed by atoms with Crippen LogP contribution in [0.5, 0.6) is 0 Å². The highest BCUT2D eigenvalue weighted by molar-refractivity contribution is 5.92. The fraction of sp³-hybridized carbons (Fsp3) is 0.364. The number of rotatable bonds is 5. The summed E-state index contributed by atoms with van der Waals surface area (Å²) in [4.78, 5) is 25.7. The number of hydrogen-bond donors (Lipinski definition) is 2. The molecule has 1 fully saturated rings. The van der Waals surface area contributed by atoms with E-state index in [0.29, 0.717) is 6.42 Å². The van der Waals surface area contributed by atoms with E-state index >= 15 is 0 Å². The number of anilines is 3. The fourth-order valence-electron chi connectivity index (χ4n) is 3.32. The van der Waals surface area contributed by atoms with Gasteiger partial charge in [0.15, 0.2) is 0 Å². The number of nitrogens with zero attached hydrogens (tertiary/aromatic N) is 1. The largest absolute Gasteiger partial charge is 0.372 e. The van der Waals surface area contributed by atoms with Crippen LogP contribution in [0.25, 0.3) is 0 Å². The van der Waals surface area contributed by atoms with Crippen molar-refractivity contribution in [2.75, 3.05) is 28.6 Å². The molecule has 2 aromatic carbocycles. The van der Waals surface area contributed by atoms with E-state index < -0.39 is 0 Å². The Labute approximate surface area is 160 Å². The van der Waals surface area contributed by atoms with Gasteiger partial charge in [0.05, 0.1) is 6.42 Å². The van der Waals surface area contributed by atoms with E-state index in [-0.39, 0.29) is 11.8 Å². The van der Waals surface area contributed by atoms with Crippen molar-refractivity contribution >= 4 is 28.9 Å². The summed E-state index contributed by atoms with van der Waals surface area (Å²) < 4.78 is 0. The van der Waals surface area contributed by atoms with Crippen LogP contribution >= 0.6 is 0 Å². The molecule has 0 radical (unpaired) electrons. The smallest absolute Gasteiger partial charge is 0.228 e. The molecule has 0 spiro atoms. The van der Waals surface area contributed by atoms with Gasteiger partial charge < -0.3 is 15.5 Å². The number of nitrogens with one attached hydrogen (secondary N) is 2. The third-order valence-corrected chi connectivity index (χ3v) is 4.94. The van der Waals surface area contributed by atoms with Gasteiger partial charge in [0.1, 0.15) is 0 Å². The average Bonchev–Trinajstić information content (AvgIpc) is 2.64. The molecule has 0 unspecified atom stereocenters. The van der Waals surface area contributed by atoms with Crippen molar-refractivity contribution in [3.8, 4) is 0 Å². The Hall–Kier alpha value is -2.82. The van der Waals surface area contributed by atoms with Crippen LogP contribution in [0.3, 0.4) is 0 Å². The molecular formula is C22H27N3O2. The molecule has 1 saturated heterocycles. The Morgan fingerprint density at radius 2 is 1.48 bits per heavy atom. The molecule has 1 aliphatic heterocycles. The van der Waals surface area contributed by atoms with Gasteiger partial charge in [-0.05, 0) is 60.7 Å². The maximum Gasteiger partial charge on any atom is 0.228 e. The second kappa shape index (κ2) is 8.71. The molecule has 5 heteroatoms. The first-order valence-corrected chi connectivity index (χ1v) is 9.51. The van der Waals surface area contributed by atoms with Gasteiger partial charge in [-0.15, -0.1) is 0 Å². The molecule has 3 rings (SSSR count). The molecule has 0 bridgehead atoms. The van der Waals surface area contributed by atoms with Crippen LogP contribution in [0.15, 0.2) is 48.5 Å². The third-order valence-electron chi connectivity index (χ3n) is 4.94. The van der Waals surface area contributed by atoms with Gasteiger partial charge in [0.25, 0.3) is 0 Å². The Balaban J connectivity index is 1.52. The lowest BCUT2D eigenvalue weighted by Gasteiger charge is -2.32. The molecule has 2 N–H and O–H groups in total. The van der Waals surface area contributed by atoms with Gasteiger partial charge in [0.2, 0.25) is 11.8 Å². The third kappa shape index (κ3) is 5.58. The molecule has 0 atom stereocenters. The summed E-state index contributed by atoms with van der Waals surface area (Å²) >= 11 is 0. The summed E-state index contributed by atoms with van der Waals surface area (Å²) in [6.45, 7) is 5.98. The lowest BCUT2D eigenvalue weighted by Crippen LogP contribution is -2.32. The number of carbonyl (C=O) groups excluding carboxylic acids is 2. The van der Waals surface area contributed by atoms with E-state index in [9.17, 15) is 9.59 Å². The van der Waals surface area contributed by atoms with Crippen molar-refractivity contribution in [2.24, 2.45) is 5.92 Å². The molecule has 2 aromatic rings. The van der Waals surface area contributed by atoms with Gasteiger partial charge in [-0.2, -0.15) is 0 Å². The molecule has 142 valence electrons. The lowest BCUT2D eigenvalue weighted by molar-refractivity contribution is -0.116. The second-order valence-corrected chi connectivity index (χ2v) is 7.32. The molecule has 1 heterocycles. The van der Waals surface area contributed by atoms with Crippen molar-refractivity contribution in [1.29, 1.82) is 0 Å². The zero-order valence-electron chi connectivity index (χ0n) is 16.0. The summed E-state index contributed by atoms with van der Waals surface area (Å²) in [6, 6.07) is 15.4. The molecular weight excluding hydrogens is 338 g/mol. The average molecular weight is 365 g/mol. The Bertz CT molecular complexity index is 776. The number of amides is 2. The molecule has 27 heavy (non-hydrogen) atoms. The molecule has 0 saturated carbocycles. The van der Waals surface area contributed by atoms with Crippen LogP contribution in [0.4, 0.5) is 17.1 Å². The first-order valence-electron chi connectivity index (χ1n) is 9.51. The van der Waals surface area contributed by atoms with Gasteiger partial charge in [-0.1, -0.05) is 19.1 Å². The highest BCUT2D eigenvalue weighted by Gasteiger charge is 2.16. The Kier molecular flexibility index (Phi) is 6.12. The van der Waals surface area contributed by atoms with Crippen LogP contribution in [0.2, 0.25) is 0 Å². The summed E-state index contributed by atoms with van der Waals surface area (Å²) in [7, 11) is 0. The maximum atomic E-state index is 12.3. The van der Waals surface area contributed by atoms with E-state index in [4.69, 9.17) is 0 Å². The van der Waals surface area contributed by atoms with E-state index in [1.807, 2.05) is 24.3 Å². The van der Waals surface area contributed by atoms with Crippen molar-refractivity contribution < 1.29 is 9.59 Å². The molecule has 0 aliphatic carbocycles. The van der Waals surface area contributed by atoms with Crippen LogP contribution in [0, 0.1) is 5.92 Å². The predicted octanol–water partition coefficient (Wildman–Crippen LogP) is 4.06. The molecule has 0 aromatic heterocycles. The zero-order chi connectivity index (χ0) is 19.2. The molecule has 2 amide bonds. The van der Waals surface area contributed by atoms with Crippen molar-refractivity contribution in [1.82, 2.24) is 0 Å². The van der Waals surface area contributed by atoms with Gasteiger partial charge in [0, 0.05) is 37.1 Å². The van der Waals surface area contributed by atoms with Gasteiger partial charge >= 0.3 is 0 Å². The normalized spacial score (nSPS) is 14.7. The van der Waals surface area contributed by atoms with Crippen LogP contribution in [0.1, 0.15) is 32.3 Å². The van der Waals surface area contributed by atoms with E-state index in [0.717, 1.165) is 35.9 Å². The number of benzene rings is 2. The molecule has 5 nitrogen and oxygen atoms in total. The predicted molar refractivity (Wildman–Crippen MR) is 110 cm³/mol. The van der Waals surface area contributed by atoms with Crippen LogP contribution in [-0.4, -0.2) is 24.9 Å². The van der Waals surface area contributed by atoms with E-state index in [1.165, 1.54) is 25.5 Å². The fourth-order valence-corrected chi connectivity index (χ4v) is 3.32. The second-order valence-electron chi connectivity index (χ2n) is 7.32. The van der Waals surface area contributed by atoms with Crippen LogP contribution in [-0.2, 0) is 16.0 Å². The quantitative estimate of drug-likeness (QED) is 0.840. The Morgan fingerprint density at radius 1 is 0.926 bits per heavy atom. The first-order chi connectivity index (χ1) is 13.0. The lowest BCUT2D eigenvalue weighted by atomic mass is 9.99. The van der Waals surface area contributed by atoms with E-state index in [1.54, 1.807) is 12.1 Å². The van der Waals surface area contributed by atoms with Crippen molar-refractivity contribution in [3.05, 3.63) is 54.1 Å². The van der Waals surface area contributed by atoms with Crippen LogP contribution < -0.4 is 15.5 Å². The zero-order valence-corrected chi connectivity index (χ0v) is 16.0. The number of carbonyl (C=O) groups is 2. The highest BCUT2D eigenvalue weighted by atomic mass is 16.2. The summed E-state index contributed by atoms with van der Waals surface area (Å²) in [6.07, 6.45) is 2.77. The summed E-state index contributed by atoms with van der Waals surface area (Å²) in [5.41, 5.74) is 3.66. The topological polar surface area (TPSA) is 61.4 Å². The summed E-state index contributed by atoms with van der Waals surface area (Å²) in [5, 5.41) is 5.66. The Morgan fingerprint density at radius 3 is 2.07 bits per heavy atom. The SMILES string of the molecule is CC(=O)Nc1ccc(CC(=O)Nc2ccc(N3CCC(C)CC3)cc2)cc1. The minimum atomic E-state index is -0.108. The number of hydrogen-bond acceptors (Lipinski definition) is 3. The van der Waals surface area contributed by atoms with Gasteiger partial charge in [-0.25, -0.2) is 0 Å². The minimum absolute atomic E-state index is 0.0539. The van der Waals surface area contributed by atoms with Crippen molar-refractivity contribution in [2.45, 2.75) is 33.1 Å². The first kappa shape index (κ1) is 19.0. The molecule has 1 aliphatic rings. The van der Waals surface area contributed by atoms with Gasteiger partial charge in [-0.3, -0.25) is 9.59 Å². The van der Waals surface area contributed by atoms with E-state index in [2.05, 4.69) is 34.6 Å².